The molecule has 0 aliphatic carbocycles. The predicted octanol–water partition coefficient (Wildman–Crippen LogP) is 4.18. The van der Waals surface area contributed by atoms with Crippen molar-refractivity contribution >= 4 is 22.5 Å². The summed E-state index contributed by atoms with van der Waals surface area (Å²) in [6.45, 7) is 0.438. The molecule has 0 unspecified atom stereocenters. The Kier molecular flexibility index (Phi) is 5.03. The summed E-state index contributed by atoms with van der Waals surface area (Å²) in [6, 6.07) is 20.0. The smallest absolute Gasteiger partial charge is 0.240 e. The van der Waals surface area contributed by atoms with Gasteiger partial charge in [0, 0.05) is 17.9 Å². The molecule has 0 saturated carbocycles. The molecule has 5 aromatic rings. The van der Waals surface area contributed by atoms with E-state index in [9.17, 15) is 4.39 Å². The van der Waals surface area contributed by atoms with Crippen molar-refractivity contribution in [2.45, 2.75) is 13.0 Å². The molecule has 0 radical (unpaired) electrons. The van der Waals surface area contributed by atoms with E-state index < -0.39 is 0 Å². The molecule has 0 bridgehead atoms. The van der Waals surface area contributed by atoms with E-state index in [1.54, 1.807) is 17.7 Å². The van der Waals surface area contributed by atoms with Gasteiger partial charge in [0.1, 0.15) is 18.2 Å². The van der Waals surface area contributed by atoms with E-state index in [-0.39, 0.29) is 11.8 Å². The van der Waals surface area contributed by atoms with Crippen LogP contribution in [0.3, 0.4) is 0 Å². The standard InChI is InChI=1S/C24H20FN5O2/c1-31-21-11-16(7-10-20(21)32-14-15-5-3-2-4-6-15)12-22-27-19-13-17(25)8-9-18(19)23-28-24(26)29-30(22)23/h2-11,13H,12,14H2,1H3,(H2,26,29). The van der Waals surface area contributed by atoms with Crippen molar-refractivity contribution in [1.82, 2.24) is 19.6 Å². The zero-order valence-corrected chi connectivity index (χ0v) is 17.3. The van der Waals surface area contributed by atoms with Crippen LogP contribution in [0.1, 0.15) is 17.0 Å². The summed E-state index contributed by atoms with van der Waals surface area (Å²) in [6.07, 6.45) is 0.418. The monoisotopic (exact) mass is 429 g/mol. The van der Waals surface area contributed by atoms with Gasteiger partial charge in [-0.05, 0) is 35.4 Å². The van der Waals surface area contributed by atoms with Gasteiger partial charge in [-0.25, -0.2) is 9.37 Å². The molecular formula is C24H20FN5O2. The maximum absolute atomic E-state index is 13.8. The number of fused-ring (bicyclic) bond motifs is 3. The molecule has 160 valence electrons. The molecule has 2 aromatic heterocycles. The second kappa shape index (κ2) is 8.14. The van der Waals surface area contributed by atoms with Gasteiger partial charge in [-0.3, -0.25) is 0 Å². The lowest BCUT2D eigenvalue weighted by atomic mass is 10.1. The van der Waals surface area contributed by atoms with Crippen LogP contribution in [-0.4, -0.2) is 26.7 Å². The number of rotatable bonds is 6. The highest BCUT2D eigenvalue weighted by Gasteiger charge is 2.15. The van der Waals surface area contributed by atoms with Gasteiger partial charge in [-0.2, -0.15) is 9.50 Å². The van der Waals surface area contributed by atoms with Crippen molar-refractivity contribution in [1.29, 1.82) is 0 Å². The van der Waals surface area contributed by atoms with E-state index in [0.717, 1.165) is 11.1 Å². The summed E-state index contributed by atoms with van der Waals surface area (Å²) in [7, 11) is 1.60. The van der Waals surface area contributed by atoms with Crippen LogP contribution in [-0.2, 0) is 13.0 Å². The summed E-state index contributed by atoms with van der Waals surface area (Å²) < 4.78 is 26.9. The number of anilines is 1. The quantitative estimate of drug-likeness (QED) is 0.436. The molecule has 8 heteroatoms. The Labute approximate surface area is 183 Å². The van der Waals surface area contributed by atoms with Crippen LogP contribution in [0.4, 0.5) is 10.3 Å². The topological polar surface area (TPSA) is 87.6 Å². The number of nitrogens with two attached hydrogens (primary N) is 1. The van der Waals surface area contributed by atoms with Crippen LogP contribution >= 0.6 is 0 Å². The third-order valence-corrected chi connectivity index (χ3v) is 5.15. The SMILES string of the molecule is COc1cc(Cc2nc3cc(F)ccc3c3nc(N)nn23)ccc1OCc1ccccc1. The first kappa shape index (κ1) is 19.7. The van der Waals surface area contributed by atoms with Crippen LogP contribution in [0.5, 0.6) is 11.5 Å². The molecule has 0 aliphatic heterocycles. The second-order valence-corrected chi connectivity index (χ2v) is 7.33. The molecular weight excluding hydrogens is 409 g/mol. The summed E-state index contributed by atoms with van der Waals surface area (Å²) >= 11 is 0. The number of nitrogen functional groups attached to an aromatic ring is 1. The lowest BCUT2D eigenvalue weighted by Crippen LogP contribution is -2.05. The maximum Gasteiger partial charge on any atom is 0.240 e. The van der Waals surface area contributed by atoms with Crippen molar-refractivity contribution < 1.29 is 13.9 Å². The fourth-order valence-corrected chi connectivity index (χ4v) is 3.63. The molecule has 0 spiro atoms. The van der Waals surface area contributed by atoms with Crippen molar-refractivity contribution in [3.63, 3.8) is 0 Å². The molecule has 0 saturated heterocycles. The van der Waals surface area contributed by atoms with Gasteiger partial charge in [-0.1, -0.05) is 36.4 Å². The normalized spacial score (nSPS) is 11.2. The Morgan fingerprint density at radius 1 is 0.938 bits per heavy atom. The zero-order valence-electron chi connectivity index (χ0n) is 17.3. The fourth-order valence-electron chi connectivity index (χ4n) is 3.63. The highest BCUT2D eigenvalue weighted by Crippen LogP contribution is 2.30. The molecule has 32 heavy (non-hydrogen) atoms. The minimum atomic E-state index is -0.366. The summed E-state index contributed by atoms with van der Waals surface area (Å²) in [5, 5.41) is 4.96. The number of benzene rings is 3. The van der Waals surface area contributed by atoms with E-state index in [0.29, 0.717) is 46.9 Å². The molecule has 0 aliphatic rings. The van der Waals surface area contributed by atoms with Crippen LogP contribution in [0.15, 0.2) is 66.7 Å². The number of hydrogen-bond donors (Lipinski definition) is 1. The van der Waals surface area contributed by atoms with E-state index in [1.807, 2.05) is 48.5 Å². The summed E-state index contributed by atoms with van der Waals surface area (Å²) in [5.74, 6) is 1.60. The van der Waals surface area contributed by atoms with Crippen molar-refractivity contribution in [3.05, 3.63) is 89.5 Å². The van der Waals surface area contributed by atoms with Crippen molar-refractivity contribution in [2.24, 2.45) is 0 Å². The average Bonchev–Trinajstić information content (AvgIpc) is 3.20. The van der Waals surface area contributed by atoms with Gasteiger partial charge in [0.2, 0.25) is 5.95 Å². The van der Waals surface area contributed by atoms with Gasteiger partial charge in [0.25, 0.3) is 0 Å². The molecule has 3 aromatic carbocycles. The molecule has 2 N–H and O–H groups in total. The van der Waals surface area contributed by atoms with Gasteiger partial charge in [0.05, 0.1) is 12.6 Å². The maximum atomic E-state index is 13.8. The first-order valence-corrected chi connectivity index (χ1v) is 10.0. The molecule has 0 atom stereocenters. The molecule has 0 fully saturated rings. The van der Waals surface area contributed by atoms with E-state index in [4.69, 9.17) is 15.2 Å². The lowest BCUT2D eigenvalue weighted by Gasteiger charge is -2.13. The molecule has 5 rings (SSSR count). The van der Waals surface area contributed by atoms with Crippen LogP contribution in [0, 0.1) is 5.82 Å². The summed E-state index contributed by atoms with van der Waals surface area (Å²) in [4.78, 5) is 8.92. The van der Waals surface area contributed by atoms with Gasteiger partial charge in [-0.15, -0.1) is 5.10 Å². The number of methoxy groups -OCH3 is 1. The van der Waals surface area contributed by atoms with Crippen molar-refractivity contribution in [3.8, 4) is 11.5 Å². The van der Waals surface area contributed by atoms with E-state index in [2.05, 4.69) is 15.1 Å². The first-order valence-electron chi connectivity index (χ1n) is 10.0. The first-order chi connectivity index (χ1) is 15.6. The minimum Gasteiger partial charge on any atom is -0.493 e. The zero-order chi connectivity index (χ0) is 22.1. The number of hydrogen-bond acceptors (Lipinski definition) is 6. The highest BCUT2D eigenvalue weighted by atomic mass is 19.1. The third-order valence-electron chi connectivity index (χ3n) is 5.15. The Morgan fingerprint density at radius 2 is 1.78 bits per heavy atom. The van der Waals surface area contributed by atoms with Crippen LogP contribution < -0.4 is 15.2 Å². The van der Waals surface area contributed by atoms with Gasteiger partial charge in [0.15, 0.2) is 17.1 Å². The van der Waals surface area contributed by atoms with E-state index >= 15 is 0 Å². The Balaban J connectivity index is 1.48. The van der Waals surface area contributed by atoms with Crippen LogP contribution in [0.25, 0.3) is 16.6 Å². The van der Waals surface area contributed by atoms with Gasteiger partial charge < -0.3 is 15.2 Å². The molecule has 0 amide bonds. The Morgan fingerprint density at radius 3 is 2.59 bits per heavy atom. The summed E-state index contributed by atoms with van der Waals surface area (Å²) in [5.41, 5.74) is 8.86. The molecule has 2 heterocycles. The molecule has 7 nitrogen and oxygen atoms in total. The third kappa shape index (κ3) is 3.78. The number of aromatic nitrogens is 4. The van der Waals surface area contributed by atoms with Gasteiger partial charge >= 0.3 is 0 Å². The van der Waals surface area contributed by atoms with Crippen LogP contribution in [0.2, 0.25) is 0 Å². The number of ether oxygens (including phenoxy) is 2. The van der Waals surface area contributed by atoms with Crippen molar-refractivity contribution in [2.75, 3.05) is 12.8 Å². The Bertz CT molecular complexity index is 1420. The fraction of sp³-hybridized carbons (Fsp3) is 0.125. The predicted molar refractivity (Wildman–Crippen MR) is 119 cm³/mol. The second-order valence-electron chi connectivity index (χ2n) is 7.33. The Hall–Kier alpha value is -4.20. The average molecular weight is 429 g/mol. The highest BCUT2D eigenvalue weighted by molar-refractivity contribution is 5.91. The number of nitrogens with zero attached hydrogens (tertiary/aromatic N) is 4. The minimum absolute atomic E-state index is 0.132. The number of halogens is 1. The van der Waals surface area contributed by atoms with E-state index in [1.165, 1.54) is 12.1 Å². The largest absolute Gasteiger partial charge is 0.493 e. The lowest BCUT2D eigenvalue weighted by molar-refractivity contribution is 0.284.